The van der Waals surface area contributed by atoms with E-state index in [-0.39, 0.29) is 0 Å². The molecule has 1 aromatic rings. The first-order chi connectivity index (χ1) is 6.74. The van der Waals surface area contributed by atoms with E-state index in [1.54, 1.807) is 0 Å². The number of aryl methyl sites for hydroxylation is 1. The summed E-state index contributed by atoms with van der Waals surface area (Å²) in [5.74, 6) is 0. The third-order valence-electron chi connectivity index (χ3n) is 2.50. The van der Waals surface area contributed by atoms with Crippen molar-refractivity contribution in [2.24, 2.45) is 0 Å². The van der Waals surface area contributed by atoms with E-state index in [4.69, 9.17) is 0 Å². The highest BCUT2D eigenvalue weighted by molar-refractivity contribution is 7.11. The Bertz CT molecular complexity index is 297. The fourth-order valence-electron chi connectivity index (χ4n) is 1.85. The maximum absolute atomic E-state index is 4.28. The molecule has 0 bridgehead atoms. The van der Waals surface area contributed by atoms with Gasteiger partial charge < -0.3 is 5.32 Å². The second kappa shape index (κ2) is 4.38. The smallest absolute Gasteiger partial charge is 0.0897 e. The summed E-state index contributed by atoms with van der Waals surface area (Å²) in [5, 5.41) is 4.62. The predicted octanol–water partition coefficient (Wildman–Crippen LogP) is 1.25. The highest BCUT2D eigenvalue weighted by Gasteiger charge is 2.15. The van der Waals surface area contributed by atoms with Gasteiger partial charge in [0.05, 0.1) is 5.01 Å². The van der Waals surface area contributed by atoms with Gasteiger partial charge in [0.2, 0.25) is 0 Å². The molecule has 1 aromatic heterocycles. The molecule has 0 radical (unpaired) electrons. The number of rotatable bonds is 2. The minimum Gasteiger partial charge on any atom is -0.312 e. The zero-order valence-electron chi connectivity index (χ0n) is 8.79. The fourth-order valence-corrected chi connectivity index (χ4v) is 2.69. The Kier molecular flexibility index (Phi) is 3.15. The minimum absolute atomic E-state index is 0.623. The van der Waals surface area contributed by atoms with Gasteiger partial charge in [0, 0.05) is 43.3 Å². The van der Waals surface area contributed by atoms with E-state index in [9.17, 15) is 0 Å². The molecule has 14 heavy (non-hydrogen) atoms. The van der Waals surface area contributed by atoms with Crippen LogP contribution in [0, 0.1) is 6.92 Å². The third-order valence-corrected chi connectivity index (χ3v) is 3.40. The molecule has 0 saturated carbocycles. The lowest BCUT2D eigenvalue weighted by Gasteiger charge is -2.31. The summed E-state index contributed by atoms with van der Waals surface area (Å²) in [5.41, 5.74) is 0. The second-order valence-electron chi connectivity index (χ2n) is 3.94. The molecule has 1 fully saturated rings. The van der Waals surface area contributed by atoms with E-state index >= 15 is 0 Å². The average molecular weight is 211 g/mol. The van der Waals surface area contributed by atoms with Gasteiger partial charge in [-0.15, -0.1) is 11.3 Å². The summed E-state index contributed by atoms with van der Waals surface area (Å²) < 4.78 is 0. The molecule has 1 unspecified atom stereocenters. The standard InChI is InChI=1S/C10H17N3S/c1-8-6-13(4-3-11-8)7-10-5-12-9(2)14-10/h5,8,11H,3-4,6-7H2,1-2H3. The molecule has 4 heteroatoms. The van der Waals surface area contributed by atoms with Crippen molar-refractivity contribution in [2.45, 2.75) is 26.4 Å². The van der Waals surface area contributed by atoms with Crippen molar-refractivity contribution in [1.29, 1.82) is 0 Å². The van der Waals surface area contributed by atoms with Crippen LogP contribution >= 0.6 is 11.3 Å². The van der Waals surface area contributed by atoms with Gasteiger partial charge in [0.25, 0.3) is 0 Å². The van der Waals surface area contributed by atoms with Crippen LogP contribution in [0.2, 0.25) is 0 Å². The topological polar surface area (TPSA) is 28.2 Å². The molecule has 1 saturated heterocycles. The van der Waals surface area contributed by atoms with Crippen LogP contribution in [0.5, 0.6) is 0 Å². The zero-order valence-corrected chi connectivity index (χ0v) is 9.60. The molecule has 0 aliphatic carbocycles. The van der Waals surface area contributed by atoms with Gasteiger partial charge in [0.15, 0.2) is 0 Å². The Morgan fingerprint density at radius 3 is 3.21 bits per heavy atom. The largest absolute Gasteiger partial charge is 0.312 e. The molecule has 2 rings (SSSR count). The lowest BCUT2D eigenvalue weighted by molar-refractivity contribution is 0.201. The Hall–Kier alpha value is -0.450. The Morgan fingerprint density at radius 1 is 1.71 bits per heavy atom. The van der Waals surface area contributed by atoms with Crippen LogP contribution in [0.1, 0.15) is 16.8 Å². The average Bonchev–Trinajstić information content (AvgIpc) is 2.51. The first kappa shape index (κ1) is 10.1. The fraction of sp³-hybridized carbons (Fsp3) is 0.700. The van der Waals surface area contributed by atoms with E-state index in [2.05, 4.69) is 29.0 Å². The summed E-state index contributed by atoms with van der Waals surface area (Å²) in [6.07, 6.45) is 2.01. The quantitative estimate of drug-likeness (QED) is 0.798. The van der Waals surface area contributed by atoms with Gasteiger partial charge in [-0.25, -0.2) is 4.98 Å². The van der Waals surface area contributed by atoms with Crippen LogP contribution in [0.4, 0.5) is 0 Å². The zero-order chi connectivity index (χ0) is 9.97. The van der Waals surface area contributed by atoms with E-state index in [0.717, 1.165) is 26.2 Å². The van der Waals surface area contributed by atoms with Crippen molar-refractivity contribution < 1.29 is 0 Å². The number of aromatic nitrogens is 1. The third kappa shape index (κ3) is 2.53. The van der Waals surface area contributed by atoms with Crippen LogP contribution in [-0.2, 0) is 6.54 Å². The van der Waals surface area contributed by atoms with Crippen LogP contribution in [0.25, 0.3) is 0 Å². The molecule has 1 aliphatic rings. The monoisotopic (exact) mass is 211 g/mol. The highest BCUT2D eigenvalue weighted by atomic mass is 32.1. The predicted molar refractivity (Wildman–Crippen MR) is 59.6 cm³/mol. The molecule has 0 spiro atoms. The summed E-state index contributed by atoms with van der Waals surface area (Å²) in [7, 11) is 0. The van der Waals surface area contributed by atoms with Crippen molar-refractivity contribution in [3.05, 3.63) is 16.1 Å². The van der Waals surface area contributed by atoms with E-state index in [0.29, 0.717) is 6.04 Å². The summed E-state index contributed by atoms with van der Waals surface area (Å²) in [4.78, 5) is 8.16. The van der Waals surface area contributed by atoms with Crippen molar-refractivity contribution in [3.63, 3.8) is 0 Å². The van der Waals surface area contributed by atoms with Crippen molar-refractivity contribution >= 4 is 11.3 Å². The molecule has 3 nitrogen and oxygen atoms in total. The molecule has 78 valence electrons. The summed E-state index contributed by atoms with van der Waals surface area (Å²) >= 11 is 1.81. The maximum atomic E-state index is 4.28. The van der Waals surface area contributed by atoms with E-state index in [1.165, 1.54) is 9.88 Å². The SMILES string of the molecule is Cc1ncc(CN2CCNC(C)C2)s1. The lowest BCUT2D eigenvalue weighted by Crippen LogP contribution is -2.48. The molecule has 1 atom stereocenters. The first-order valence-corrected chi connectivity index (χ1v) is 5.93. The molecule has 1 N–H and O–H groups in total. The number of hydrogen-bond acceptors (Lipinski definition) is 4. The number of hydrogen-bond donors (Lipinski definition) is 1. The number of nitrogens with one attached hydrogen (secondary N) is 1. The molecular weight excluding hydrogens is 194 g/mol. The number of nitrogens with zero attached hydrogens (tertiary/aromatic N) is 2. The molecule has 1 aliphatic heterocycles. The Labute approximate surface area is 89.1 Å². The molecular formula is C10H17N3S. The second-order valence-corrected chi connectivity index (χ2v) is 5.26. The Morgan fingerprint density at radius 2 is 2.57 bits per heavy atom. The van der Waals surface area contributed by atoms with E-state index < -0.39 is 0 Å². The van der Waals surface area contributed by atoms with Crippen molar-refractivity contribution in [2.75, 3.05) is 19.6 Å². The van der Waals surface area contributed by atoms with E-state index in [1.807, 2.05) is 17.5 Å². The Balaban J connectivity index is 1.90. The van der Waals surface area contributed by atoms with Crippen LogP contribution in [0.15, 0.2) is 6.20 Å². The molecule has 0 amide bonds. The molecule has 2 heterocycles. The number of piperazine rings is 1. The number of thiazole rings is 1. The highest BCUT2D eigenvalue weighted by Crippen LogP contribution is 2.14. The van der Waals surface area contributed by atoms with Gasteiger partial charge in [-0.05, 0) is 13.8 Å². The van der Waals surface area contributed by atoms with Gasteiger partial charge in [-0.1, -0.05) is 0 Å². The van der Waals surface area contributed by atoms with Crippen molar-refractivity contribution in [3.8, 4) is 0 Å². The normalized spacial score (nSPS) is 24.0. The van der Waals surface area contributed by atoms with Gasteiger partial charge >= 0.3 is 0 Å². The lowest BCUT2D eigenvalue weighted by atomic mass is 10.2. The van der Waals surface area contributed by atoms with Crippen molar-refractivity contribution in [1.82, 2.24) is 15.2 Å². The minimum atomic E-state index is 0.623. The van der Waals surface area contributed by atoms with Gasteiger partial charge in [0.1, 0.15) is 0 Å². The van der Waals surface area contributed by atoms with Crippen LogP contribution in [-0.4, -0.2) is 35.6 Å². The summed E-state index contributed by atoms with van der Waals surface area (Å²) in [6, 6.07) is 0.623. The van der Waals surface area contributed by atoms with Gasteiger partial charge in [-0.3, -0.25) is 4.90 Å². The first-order valence-electron chi connectivity index (χ1n) is 5.11. The summed E-state index contributed by atoms with van der Waals surface area (Å²) in [6.45, 7) is 8.79. The maximum Gasteiger partial charge on any atom is 0.0897 e. The molecule has 0 aromatic carbocycles. The van der Waals surface area contributed by atoms with Crippen LogP contribution in [0.3, 0.4) is 0 Å². The van der Waals surface area contributed by atoms with Gasteiger partial charge in [-0.2, -0.15) is 0 Å². The van der Waals surface area contributed by atoms with Crippen LogP contribution < -0.4 is 5.32 Å².